The normalized spacial score (nSPS) is 24.5. The molecule has 2 atom stereocenters. The highest BCUT2D eigenvalue weighted by molar-refractivity contribution is 5.93. The minimum Gasteiger partial charge on any atom is -0.497 e. The molecule has 0 spiro atoms. The van der Waals surface area contributed by atoms with Crippen molar-refractivity contribution in [2.75, 3.05) is 7.11 Å². The number of benzene rings is 2. The van der Waals surface area contributed by atoms with E-state index in [2.05, 4.69) is 26.1 Å². The average molecular weight is 447 g/mol. The first-order valence-electron chi connectivity index (χ1n) is 11.0. The zero-order valence-corrected chi connectivity index (χ0v) is 19.1. The first kappa shape index (κ1) is 21.3. The van der Waals surface area contributed by atoms with Crippen LogP contribution in [0.4, 0.5) is 5.69 Å². The molecule has 1 N–H and O–H groups in total. The molecule has 2 aliphatic carbocycles. The maximum Gasteiger partial charge on any atom is 0.271 e. The summed E-state index contributed by atoms with van der Waals surface area (Å²) in [6, 6.07) is 12.1. The Morgan fingerprint density at radius 2 is 1.76 bits per heavy atom. The minimum atomic E-state index is -0.852. The standard InChI is InChI=1S/C25H26N4O4/c1-23(2)24(3)11-12-25(23,22(30)26-14-15-5-8-17(33-4)9-6-15)21-20(24)27-18-10-7-16(29(31)32)13-19(18)28-21/h5-10,13H,11-12,14H2,1-4H3,(H,26,30). The van der Waals surface area contributed by atoms with Crippen LogP contribution in [0.2, 0.25) is 0 Å². The van der Waals surface area contributed by atoms with E-state index in [9.17, 15) is 14.9 Å². The number of hydrogen-bond donors (Lipinski definition) is 1. The van der Waals surface area contributed by atoms with E-state index in [1.54, 1.807) is 13.2 Å². The highest BCUT2D eigenvalue weighted by Gasteiger charge is 2.73. The molecule has 2 unspecified atom stereocenters. The molecule has 0 saturated heterocycles. The van der Waals surface area contributed by atoms with Crippen molar-refractivity contribution in [1.29, 1.82) is 0 Å². The van der Waals surface area contributed by atoms with Gasteiger partial charge in [0, 0.05) is 24.1 Å². The van der Waals surface area contributed by atoms with Gasteiger partial charge < -0.3 is 10.1 Å². The number of aromatic nitrogens is 2. The molecule has 8 heteroatoms. The van der Waals surface area contributed by atoms with E-state index in [1.807, 2.05) is 24.3 Å². The number of nitro groups is 1. The van der Waals surface area contributed by atoms with Crippen LogP contribution >= 0.6 is 0 Å². The highest BCUT2D eigenvalue weighted by Crippen LogP contribution is 2.70. The Hall–Kier alpha value is -3.55. The maximum atomic E-state index is 13.8. The first-order valence-corrected chi connectivity index (χ1v) is 11.0. The lowest BCUT2D eigenvalue weighted by molar-refractivity contribution is -0.384. The number of fused-ring (bicyclic) bond motifs is 6. The van der Waals surface area contributed by atoms with Gasteiger partial charge in [0.2, 0.25) is 5.91 Å². The molecular weight excluding hydrogens is 420 g/mol. The maximum absolute atomic E-state index is 13.8. The Morgan fingerprint density at radius 3 is 2.42 bits per heavy atom. The summed E-state index contributed by atoms with van der Waals surface area (Å²) in [5.74, 6) is 0.683. The molecule has 1 amide bonds. The van der Waals surface area contributed by atoms with Crippen LogP contribution in [0.1, 0.15) is 50.6 Å². The number of carbonyl (C=O) groups excluding carboxylic acids is 1. The van der Waals surface area contributed by atoms with Crippen molar-refractivity contribution < 1.29 is 14.5 Å². The van der Waals surface area contributed by atoms with Gasteiger partial charge in [0.15, 0.2) is 0 Å². The molecule has 0 radical (unpaired) electrons. The zero-order valence-electron chi connectivity index (χ0n) is 19.1. The van der Waals surface area contributed by atoms with E-state index in [0.29, 0.717) is 29.7 Å². The summed E-state index contributed by atoms with van der Waals surface area (Å²) in [5, 5.41) is 14.4. The number of hydrogen-bond acceptors (Lipinski definition) is 6. The van der Waals surface area contributed by atoms with Gasteiger partial charge in [0.25, 0.3) is 5.69 Å². The Kier molecular flexibility index (Phi) is 4.50. The molecule has 170 valence electrons. The number of nitro benzene ring substituents is 1. The minimum absolute atomic E-state index is 0.0385. The second-order valence-corrected chi connectivity index (χ2v) is 9.74. The van der Waals surface area contributed by atoms with Crippen molar-refractivity contribution in [1.82, 2.24) is 15.3 Å². The summed E-state index contributed by atoms with van der Waals surface area (Å²) in [7, 11) is 1.62. The van der Waals surface area contributed by atoms with Crippen LogP contribution in [0.5, 0.6) is 5.75 Å². The average Bonchev–Trinajstić information content (AvgIpc) is 3.10. The van der Waals surface area contributed by atoms with Crippen molar-refractivity contribution in [3.63, 3.8) is 0 Å². The van der Waals surface area contributed by atoms with Crippen molar-refractivity contribution >= 4 is 22.6 Å². The summed E-state index contributed by atoms with van der Waals surface area (Å²) in [5.41, 5.74) is 1.88. The Balaban J connectivity index is 1.57. The Morgan fingerprint density at radius 1 is 1.06 bits per heavy atom. The van der Waals surface area contributed by atoms with Crippen LogP contribution in [0, 0.1) is 15.5 Å². The van der Waals surface area contributed by atoms with Crippen LogP contribution in [0.15, 0.2) is 42.5 Å². The lowest BCUT2D eigenvalue weighted by atomic mass is 9.63. The predicted molar refractivity (Wildman–Crippen MR) is 123 cm³/mol. The summed E-state index contributed by atoms with van der Waals surface area (Å²) >= 11 is 0. The monoisotopic (exact) mass is 446 g/mol. The van der Waals surface area contributed by atoms with E-state index in [0.717, 1.165) is 23.4 Å². The molecule has 33 heavy (non-hydrogen) atoms. The topological polar surface area (TPSA) is 107 Å². The van der Waals surface area contributed by atoms with Crippen LogP contribution in [-0.4, -0.2) is 27.9 Å². The third kappa shape index (κ3) is 2.73. The molecule has 3 aromatic rings. The lowest BCUT2D eigenvalue weighted by Gasteiger charge is -2.39. The number of nitrogens with zero attached hydrogens (tertiary/aromatic N) is 3. The van der Waals surface area contributed by atoms with Gasteiger partial charge in [-0.2, -0.15) is 0 Å². The third-order valence-corrected chi connectivity index (χ3v) is 8.23. The number of ether oxygens (including phenoxy) is 1. The van der Waals surface area contributed by atoms with Crippen molar-refractivity contribution in [3.8, 4) is 5.75 Å². The Bertz CT molecular complexity index is 1300. The molecule has 1 fully saturated rings. The summed E-state index contributed by atoms with van der Waals surface area (Å²) in [4.78, 5) is 34.4. The van der Waals surface area contributed by atoms with Crippen LogP contribution in [0.3, 0.4) is 0 Å². The van der Waals surface area contributed by atoms with E-state index in [1.165, 1.54) is 12.1 Å². The van der Waals surface area contributed by atoms with Gasteiger partial charge in [0.05, 0.1) is 39.9 Å². The molecule has 2 aliphatic rings. The SMILES string of the molecule is COc1ccc(CNC(=O)C23CCC(C)(c4nc5ccc([N+](=O)[O-])cc5nc42)C3(C)C)cc1. The van der Waals surface area contributed by atoms with E-state index in [4.69, 9.17) is 14.7 Å². The molecule has 0 aliphatic heterocycles. The molecule has 1 heterocycles. The number of non-ortho nitro benzene ring substituents is 1. The number of nitrogens with one attached hydrogen (secondary N) is 1. The zero-order chi connectivity index (χ0) is 23.6. The fraction of sp³-hybridized carbons (Fsp3) is 0.400. The number of rotatable bonds is 5. The third-order valence-electron chi connectivity index (χ3n) is 8.23. The van der Waals surface area contributed by atoms with Gasteiger partial charge in [-0.3, -0.25) is 14.9 Å². The molecule has 2 bridgehead atoms. The second-order valence-electron chi connectivity index (χ2n) is 9.74. The molecule has 1 aromatic heterocycles. The fourth-order valence-electron chi connectivity index (χ4n) is 5.78. The predicted octanol–water partition coefficient (Wildman–Crippen LogP) is 4.19. The van der Waals surface area contributed by atoms with Gasteiger partial charge in [-0.15, -0.1) is 0 Å². The van der Waals surface area contributed by atoms with Gasteiger partial charge >= 0.3 is 0 Å². The quantitative estimate of drug-likeness (QED) is 0.465. The van der Waals surface area contributed by atoms with Crippen molar-refractivity contribution in [2.45, 2.75) is 51.0 Å². The molecular formula is C25H26N4O4. The summed E-state index contributed by atoms with van der Waals surface area (Å²) in [6.45, 7) is 6.77. The van der Waals surface area contributed by atoms with Crippen molar-refractivity contribution in [2.24, 2.45) is 5.41 Å². The molecule has 1 saturated carbocycles. The van der Waals surface area contributed by atoms with Crippen LogP contribution in [0.25, 0.3) is 11.0 Å². The number of carbonyl (C=O) groups is 1. The molecule has 8 nitrogen and oxygen atoms in total. The largest absolute Gasteiger partial charge is 0.497 e. The van der Waals surface area contributed by atoms with Gasteiger partial charge in [0.1, 0.15) is 5.75 Å². The van der Waals surface area contributed by atoms with E-state index in [-0.39, 0.29) is 17.0 Å². The van der Waals surface area contributed by atoms with E-state index < -0.39 is 15.8 Å². The highest BCUT2D eigenvalue weighted by atomic mass is 16.6. The van der Waals surface area contributed by atoms with Crippen LogP contribution < -0.4 is 10.1 Å². The number of amides is 1. The smallest absolute Gasteiger partial charge is 0.271 e. The van der Waals surface area contributed by atoms with Gasteiger partial charge in [-0.05, 0) is 42.0 Å². The van der Waals surface area contributed by atoms with Crippen molar-refractivity contribution in [3.05, 3.63) is 69.5 Å². The molecule has 5 rings (SSSR count). The number of methoxy groups -OCH3 is 1. The summed E-state index contributed by atoms with van der Waals surface area (Å²) in [6.07, 6.45) is 1.49. The van der Waals surface area contributed by atoms with Crippen LogP contribution in [-0.2, 0) is 22.2 Å². The fourth-order valence-corrected chi connectivity index (χ4v) is 5.78. The van der Waals surface area contributed by atoms with E-state index >= 15 is 0 Å². The van der Waals surface area contributed by atoms with Gasteiger partial charge in [-0.1, -0.05) is 32.9 Å². The Labute approximate surface area is 191 Å². The first-order chi connectivity index (χ1) is 15.6. The lowest BCUT2D eigenvalue weighted by Crippen LogP contribution is -2.51. The second kappa shape index (κ2) is 6.97. The molecule has 2 aromatic carbocycles. The summed E-state index contributed by atoms with van der Waals surface area (Å²) < 4.78 is 5.21. The van der Waals surface area contributed by atoms with Gasteiger partial charge in [-0.25, -0.2) is 9.97 Å².